The Morgan fingerprint density at radius 1 is 1.30 bits per heavy atom. The maximum atomic E-state index is 12.2. The van der Waals surface area contributed by atoms with E-state index in [9.17, 15) is 4.79 Å². The summed E-state index contributed by atoms with van der Waals surface area (Å²) >= 11 is 0. The highest BCUT2D eigenvalue weighted by molar-refractivity contribution is 5.85. The summed E-state index contributed by atoms with van der Waals surface area (Å²) in [7, 11) is 0. The van der Waals surface area contributed by atoms with E-state index in [1.165, 1.54) is 24.1 Å². The first-order valence-electron chi connectivity index (χ1n) is 8.10. The highest BCUT2D eigenvalue weighted by Crippen LogP contribution is 2.24. The Hall–Kier alpha value is -0.970. The zero-order valence-electron chi connectivity index (χ0n) is 13.6. The summed E-state index contributed by atoms with van der Waals surface area (Å²) in [6.45, 7) is 6.14. The summed E-state index contributed by atoms with van der Waals surface area (Å²) in [6.07, 6.45) is 3.52. The first-order chi connectivity index (χ1) is 10.2. The molecule has 1 aromatic rings. The number of rotatable bonds is 4. The van der Waals surface area contributed by atoms with Crippen molar-refractivity contribution < 1.29 is 4.79 Å². The summed E-state index contributed by atoms with van der Waals surface area (Å²) in [5, 5.41) is 6.40. The third-order valence-electron chi connectivity index (χ3n) is 4.63. The molecule has 0 aliphatic carbocycles. The van der Waals surface area contributed by atoms with Gasteiger partial charge in [-0.1, -0.05) is 12.1 Å². The van der Waals surface area contributed by atoms with Crippen LogP contribution in [0.3, 0.4) is 0 Å². The molecule has 2 unspecified atom stereocenters. The predicted molar refractivity (Wildman–Crippen MR) is 99.9 cm³/mol. The molecule has 4 nitrogen and oxygen atoms in total. The second kappa shape index (κ2) is 9.36. The SMILES string of the molecule is CC(NC(=O)C1CCNC1)c1cccc(N2CCCC2)c1.Cl.Cl. The van der Waals surface area contributed by atoms with Crippen LogP contribution in [0.1, 0.15) is 37.8 Å². The van der Waals surface area contributed by atoms with Crippen LogP contribution in [0.2, 0.25) is 0 Å². The minimum absolute atomic E-state index is 0. The predicted octanol–water partition coefficient (Wildman–Crippen LogP) is 2.92. The average Bonchev–Trinajstić information content (AvgIpc) is 3.20. The number of benzene rings is 1. The van der Waals surface area contributed by atoms with Gasteiger partial charge in [-0.05, 0) is 50.4 Å². The summed E-state index contributed by atoms with van der Waals surface area (Å²) in [6, 6.07) is 8.67. The van der Waals surface area contributed by atoms with Gasteiger partial charge in [-0.3, -0.25) is 4.79 Å². The Balaban J connectivity index is 0.00000132. The first kappa shape index (κ1) is 20.1. The van der Waals surface area contributed by atoms with Crippen molar-refractivity contribution in [3.63, 3.8) is 0 Å². The number of nitrogens with one attached hydrogen (secondary N) is 2. The maximum absolute atomic E-state index is 12.2. The Morgan fingerprint density at radius 3 is 2.70 bits per heavy atom. The van der Waals surface area contributed by atoms with Gasteiger partial charge in [-0.2, -0.15) is 0 Å². The van der Waals surface area contributed by atoms with Crippen molar-refractivity contribution >= 4 is 36.4 Å². The number of halogens is 2. The lowest BCUT2D eigenvalue weighted by Gasteiger charge is -2.21. The minimum atomic E-state index is 0. The van der Waals surface area contributed by atoms with Crippen LogP contribution in [-0.2, 0) is 4.79 Å². The van der Waals surface area contributed by atoms with Crippen LogP contribution in [0.15, 0.2) is 24.3 Å². The number of hydrogen-bond donors (Lipinski definition) is 2. The molecule has 2 heterocycles. The van der Waals surface area contributed by atoms with Crippen molar-refractivity contribution in [1.82, 2.24) is 10.6 Å². The van der Waals surface area contributed by atoms with E-state index >= 15 is 0 Å². The average molecular weight is 360 g/mol. The van der Waals surface area contributed by atoms with Crippen molar-refractivity contribution in [3.8, 4) is 0 Å². The van der Waals surface area contributed by atoms with Gasteiger partial charge in [0.25, 0.3) is 0 Å². The fourth-order valence-electron chi connectivity index (χ4n) is 3.26. The zero-order chi connectivity index (χ0) is 14.7. The fraction of sp³-hybridized carbons (Fsp3) is 0.588. The van der Waals surface area contributed by atoms with Crippen LogP contribution in [0.25, 0.3) is 0 Å². The van der Waals surface area contributed by atoms with Gasteiger partial charge in [0.2, 0.25) is 5.91 Å². The van der Waals surface area contributed by atoms with Crippen molar-refractivity contribution in [2.45, 2.75) is 32.2 Å². The molecule has 2 saturated heterocycles. The van der Waals surface area contributed by atoms with E-state index in [4.69, 9.17) is 0 Å². The van der Waals surface area contributed by atoms with Gasteiger partial charge in [0.05, 0.1) is 12.0 Å². The molecule has 2 aliphatic rings. The van der Waals surface area contributed by atoms with Crippen molar-refractivity contribution in [2.24, 2.45) is 5.92 Å². The Kier molecular flexibility index (Phi) is 8.17. The number of carbonyl (C=O) groups is 1. The second-order valence-electron chi connectivity index (χ2n) is 6.21. The summed E-state index contributed by atoms with van der Waals surface area (Å²) in [4.78, 5) is 14.6. The van der Waals surface area contributed by atoms with Crippen molar-refractivity contribution in [2.75, 3.05) is 31.1 Å². The smallest absolute Gasteiger partial charge is 0.224 e. The van der Waals surface area contributed by atoms with Gasteiger partial charge >= 0.3 is 0 Å². The van der Waals surface area contributed by atoms with E-state index in [1.807, 2.05) is 0 Å². The molecule has 0 saturated carbocycles. The summed E-state index contributed by atoms with van der Waals surface area (Å²) in [5.41, 5.74) is 2.48. The number of anilines is 1. The molecule has 1 amide bonds. The van der Waals surface area contributed by atoms with Crippen molar-refractivity contribution in [3.05, 3.63) is 29.8 Å². The second-order valence-corrected chi connectivity index (χ2v) is 6.21. The van der Waals surface area contributed by atoms with Crippen LogP contribution in [0.5, 0.6) is 0 Å². The molecule has 130 valence electrons. The van der Waals surface area contributed by atoms with Crippen LogP contribution in [-0.4, -0.2) is 32.1 Å². The lowest BCUT2D eigenvalue weighted by molar-refractivity contribution is -0.125. The fourth-order valence-corrected chi connectivity index (χ4v) is 3.26. The zero-order valence-corrected chi connectivity index (χ0v) is 15.2. The van der Waals surface area contributed by atoms with E-state index < -0.39 is 0 Å². The maximum Gasteiger partial charge on any atom is 0.224 e. The molecular weight excluding hydrogens is 333 g/mol. The van der Waals surface area contributed by atoms with Gasteiger partial charge in [-0.25, -0.2) is 0 Å². The molecule has 3 rings (SSSR count). The Bertz CT molecular complexity index is 500. The van der Waals surface area contributed by atoms with E-state index in [0.29, 0.717) is 0 Å². The highest BCUT2D eigenvalue weighted by Gasteiger charge is 2.24. The number of nitrogens with zero attached hydrogens (tertiary/aromatic N) is 1. The molecule has 2 N–H and O–H groups in total. The molecule has 0 aromatic heterocycles. The van der Waals surface area contributed by atoms with Gasteiger partial charge < -0.3 is 15.5 Å². The Labute approximate surface area is 151 Å². The van der Waals surface area contributed by atoms with Gasteiger partial charge in [0, 0.05) is 25.3 Å². The van der Waals surface area contributed by atoms with Crippen molar-refractivity contribution in [1.29, 1.82) is 0 Å². The molecule has 2 atom stereocenters. The van der Waals surface area contributed by atoms with E-state index in [1.54, 1.807) is 0 Å². The molecule has 23 heavy (non-hydrogen) atoms. The summed E-state index contributed by atoms with van der Waals surface area (Å²) < 4.78 is 0. The van der Waals surface area contributed by atoms with E-state index in [2.05, 4.69) is 46.7 Å². The molecule has 2 aliphatic heterocycles. The third kappa shape index (κ3) is 5.00. The topological polar surface area (TPSA) is 44.4 Å². The Morgan fingerprint density at radius 2 is 2.04 bits per heavy atom. The van der Waals surface area contributed by atoms with Crippen LogP contribution in [0, 0.1) is 5.92 Å². The molecular formula is C17H27Cl2N3O. The van der Waals surface area contributed by atoms with Gasteiger partial charge in [0.15, 0.2) is 0 Å². The molecule has 0 spiro atoms. The molecule has 6 heteroatoms. The minimum Gasteiger partial charge on any atom is -0.372 e. The standard InChI is InChI=1S/C17H25N3O.2ClH/c1-13(19-17(21)15-7-8-18-12-15)14-5-4-6-16(11-14)20-9-2-3-10-20;;/h4-6,11,13,15,18H,2-3,7-10,12H2,1H3,(H,19,21);2*1H. The van der Waals surface area contributed by atoms with Crippen LogP contribution < -0.4 is 15.5 Å². The molecule has 1 aromatic carbocycles. The third-order valence-corrected chi connectivity index (χ3v) is 4.63. The van der Waals surface area contributed by atoms with Gasteiger partial charge in [0.1, 0.15) is 0 Å². The molecule has 0 bridgehead atoms. The number of carbonyl (C=O) groups excluding carboxylic acids is 1. The first-order valence-corrected chi connectivity index (χ1v) is 8.10. The van der Waals surface area contributed by atoms with E-state index in [-0.39, 0.29) is 42.7 Å². The quantitative estimate of drug-likeness (QED) is 0.868. The highest BCUT2D eigenvalue weighted by atomic mass is 35.5. The largest absolute Gasteiger partial charge is 0.372 e. The number of hydrogen-bond acceptors (Lipinski definition) is 3. The normalized spacial score (nSPS) is 21.3. The monoisotopic (exact) mass is 359 g/mol. The van der Waals surface area contributed by atoms with Crippen LogP contribution in [0.4, 0.5) is 5.69 Å². The molecule has 2 fully saturated rings. The van der Waals surface area contributed by atoms with Gasteiger partial charge in [-0.15, -0.1) is 24.8 Å². The summed E-state index contributed by atoms with van der Waals surface area (Å²) in [5.74, 6) is 0.313. The lowest BCUT2D eigenvalue weighted by Crippen LogP contribution is -2.33. The van der Waals surface area contributed by atoms with E-state index in [0.717, 1.165) is 32.6 Å². The lowest BCUT2D eigenvalue weighted by atomic mass is 10.0. The van der Waals surface area contributed by atoms with Crippen LogP contribution >= 0.6 is 24.8 Å². The number of amides is 1. The molecule has 0 radical (unpaired) electrons.